The molecule has 0 radical (unpaired) electrons. The number of carboxylic acids is 1. The van der Waals surface area contributed by atoms with E-state index in [0.717, 1.165) is 29.9 Å². The average molecular weight is 292 g/mol. The normalized spacial score (nSPS) is 12.8. The van der Waals surface area contributed by atoms with Crippen molar-refractivity contribution in [2.45, 2.75) is 32.7 Å². The molecule has 0 aliphatic heterocycles. The number of hydrogen-bond acceptors (Lipinski definition) is 3. The summed E-state index contributed by atoms with van der Waals surface area (Å²) >= 11 is 1.83. The second kappa shape index (κ2) is 6.31. The number of aromatic carboxylic acids is 1. The molecular formula is C15H20N2O2S. The van der Waals surface area contributed by atoms with Crippen molar-refractivity contribution in [3.05, 3.63) is 29.6 Å². The minimum atomic E-state index is -0.917. The highest BCUT2D eigenvalue weighted by atomic mass is 32.2. The van der Waals surface area contributed by atoms with Gasteiger partial charge in [0.1, 0.15) is 11.3 Å². The second-order valence-electron chi connectivity index (χ2n) is 4.86. The molecule has 0 saturated heterocycles. The molecule has 4 nitrogen and oxygen atoms in total. The molecule has 5 heteroatoms. The first-order chi connectivity index (χ1) is 9.60. The fourth-order valence-electron chi connectivity index (χ4n) is 2.50. The van der Waals surface area contributed by atoms with Gasteiger partial charge in [0.25, 0.3) is 0 Å². The van der Waals surface area contributed by atoms with Crippen molar-refractivity contribution in [2.24, 2.45) is 0 Å². The second-order valence-corrected chi connectivity index (χ2v) is 5.85. The summed E-state index contributed by atoms with van der Waals surface area (Å²) in [5.41, 5.74) is 1.82. The van der Waals surface area contributed by atoms with Crippen molar-refractivity contribution in [1.82, 2.24) is 9.55 Å². The Bertz CT molecular complexity index is 622. The van der Waals surface area contributed by atoms with Crippen LogP contribution in [0.3, 0.4) is 0 Å². The van der Waals surface area contributed by atoms with Gasteiger partial charge in [0.15, 0.2) is 0 Å². The van der Waals surface area contributed by atoms with Gasteiger partial charge in [0.05, 0.1) is 11.1 Å². The minimum absolute atomic E-state index is 0.285. The van der Waals surface area contributed by atoms with Gasteiger partial charge in [-0.25, -0.2) is 9.78 Å². The van der Waals surface area contributed by atoms with Crippen LogP contribution in [0.5, 0.6) is 0 Å². The van der Waals surface area contributed by atoms with Crippen molar-refractivity contribution in [2.75, 3.05) is 12.0 Å². The van der Waals surface area contributed by atoms with Crippen LogP contribution < -0.4 is 0 Å². The third-order valence-corrected chi connectivity index (χ3v) is 4.16. The molecule has 1 unspecified atom stereocenters. The lowest BCUT2D eigenvalue weighted by atomic mass is 10.1. The molecule has 1 heterocycles. The number of imidazole rings is 1. The number of nitrogens with zero attached hydrogens (tertiary/aromatic N) is 2. The summed E-state index contributed by atoms with van der Waals surface area (Å²) in [6, 6.07) is 5.70. The summed E-state index contributed by atoms with van der Waals surface area (Å²) in [7, 11) is 0. The van der Waals surface area contributed by atoms with Gasteiger partial charge in [0, 0.05) is 12.5 Å². The number of hydrogen-bond donors (Lipinski definition) is 1. The van der Waals surface area contributed by atoms with E-state index in [2.05, 4.69) is 29.7 Å². The maximum atomic E-state index is 11.3. The SMILES string of the molecule is CCc1nc2c(C(=O)O)cccc2n1C(C)CCSC. The Hall–Kier alpha value is -1.49. The summed E-state index contributed by atoms with van der Waals surface area (Å²) < 4.78 is 2.19. The van der Waals surface area contributed by atoms with Gasteiger partial charge in [-0.15, -0.1) is 0 Å². The van der Waals surface area contributed by atoms with Gasteiger partial charge in [-0.2, -0.15) is 11.8 Å². The van der Waals surface area contributed by atoms with E-state index in [9.17, 15) is 9.90 Å². The highest BCUT2D eigenvalue weighted by molar-refractivity contribution is 7.98. The number of aromatic nitrogens is 2. The Labute approximate surface area is 123 Å². The van der Waals surface area contributed by atoms with Crippen LogP contribution in [0.1, 0.15) is 42.5 Å². The van der Waals surface area contributed by atoms with Crippen molar-refractivity contribution < 1.29 is 9.90 Å². The van der Waals surface area contributed by atoms with Gasteiger partial charge < -0.3 is 9.67 Å². The molecule has 2 rings (SSSR count). The lowest BCUT2D eigenvalue weighted by Gasteiger charge is -2.16. The van der Waals surface area contributed by atoms with Crippen LogP contribution in [0, 0.1) is 0 Å². The van der Waals surface area contributed by atoms with Gasteiger partial charge in [-0.05, 0) is 37.5 Å². The van der Waals surface area contributed by atoms with Gasteiger partial charge >= 0.3 is 5.97 Å². The van der Waals surface area contributed by atoms with Crippen LogP contribution in [0.15, 0.2) is 18.2 Å². The lowest BCUT2D eigenvalue weighted by molar-refractivity contribution is 0.0699. The first kappa shape index (κ1) is 14.9. The topological polar surface area (TPSA) is 55.1 Å². The highest BCUT2D eigenvalue weighted by Gasteiger charge is 2.18. The maximum Gasteiger partial charge on any atom is 0.337 e. The molecule has 0 bridgehead atoms. The van der Waals surface area contributed by atoms with Crippen LogP contribution in [-0.2, 0) is 6.42 Å². The number of para-hydroxylation sites is 1. The van der Waals surface area contributed by atoms with Gasteiger partial charge in [-0.3, -0.25) is 0 Å². The number of carboxylic acid groups (broad SMARTS) is 1. The zero-order valence-electron chi connectivity index (χ0n) is 12.1. The molecule has 1 N–H and O–H groups in total. The van der Waals surface area contributed by atoms with Crippen molar-refractivity contribution in [1.29, 1.82) is 0 Å². The zero-order valence-corrected chi connectivity index (χ0v) is 12.9. The number of thioether (sulfide) groups is 1. The number of rotatable bonds is 6. The summed E-state index contributed by atoms with van der Waals surface area (Å²) in [6.45, 7) is 4.23. The molecule has 0 saturated carbocycles. The van der Waals surface area contributed by atoms with E-state index in [0.29, 0.717) is 11.6 Å². The monoisotopic (exact) mass is 292 g/mol. The molecule has 1 aromatic heterocycles. The fourth-order valence-corrected chi connectivity index (χ4v) is 3.07. The molecule has 1 aromatic carbocycles. The lowest BCUT2D eigenvalue weighted by Crippen LogP contribution is -2.09. The fraction of sp³-hybridized carbons (Fsp3) is 0.467. The number of fused-ring (bicyclic) bond motifs is 1. The van der Waals surface area contributed by atoms with Crippen LogP contribution in [0.4, 0.5) is 0 Å². The molecule has 2 aromatic rings. The summed E-state index contributed by atoms with van der Waals surface area (Å²) in [5, 5.41) is 9.28. The number of benzene rings is 1. The quantitative estimate of drug-likeness (QED) is 0.883. The van der Waals surface area contributed by atoms with E-state index in [1.165, 1.54) is 0 Å². The van der Waals surface area contributed by atoms with Gasteiger partial charge in [-0.1, -0.05) is 13.0 Å². The molecule has 0 spiro atoms. The van der Waals surface area contributed by atoms with Crippen molar-refractivity contribution in [3.8, 4) is 0 Å². The molecule has 20 heavy (non-hydrogen) atoms. The van der Waals surface area contributed by atoms with E-state index in [4.69, 9.17) is 0 Å². The predicted octanol–water partition coefficient (Wildman–Crippen LogP) is 3.61. The van der Waals surface area contributed by atoms with Crippen LogP contribution in [0.25, 0.3) is 11.0 Å². The summed E-state index contributed by atoms with van der Waals surface area (Å²) in [4.78, 5) is 15.9. The number of carbonyl (C=O) groups is 1. The Morgan fingerprint density at radius 1 is 1.50 bits per heavy atom. The van der Waals surface area contributed by atoms with Crippen LogP contribution in [0.2, 0.25) is 0 Å². The van der Waals surface area contributed by atoms with Crippen LogP contribution in [-0.4, -0.2) is 32.6 Å². The molecule has 0 fully saturated rings. The van der Waals surface area contributed by atoms with E-state index < -0.39 is 5.97 Å². The summed E-state index contributed by atoms with van der Waals surface area (Å²) in [6.07, 6.45) is 3.95. The van der Waals surface area contributed by atoms with Crippen molar-refractivity contribution >= 4 is 28.8 Å². The molecule has 1 atom stereocenters. The first-order valence-electron chi connectivity index (χ1n) is 6.82. The average Bonchev–Trinajstić information content (AvgIpc) is 2.82. The zero-order chi connectivity index (χ0) is 14.7. The molecule has 108 valence electrons. The van der Waals surface area contributed by atoms with E-state index >= 15 is 0 Å². The van der Waals surface area contributed by atoms with E-state index in [-0.39, 0.29) is 5.56 Å². The smallest absolute Gasteiger partial charge is 0.337 e. The Balaban J connectivity index is 2.58. The Kier molecular flexibility index (Phi) is 4.70. The minimum Gasteiger partial charge on any atom is -0.478 e. The molecular weight excluding hydrogens is 272 g/mol. The summed E-state index contributed by atoms with van der Waals surface area (Å²) in [5.74, 6) is 1.13. The van der Waals surface area contributed by atoms with Gasteiger partial charge in [0.2, 0.25) is 0 Å². The van der Waals surface area contributed by atoms with Crippen LogP contribution >= 0.6 is 11.8 Å². The predicted molar refractivity (Wildman–Crippen MR) is 83.8 cm³/mol. The molecule has 0 amide bonds. The third kappa shape index (κ3) is 2.68. The molecule has 0 aliphatic carbocycles. The highest BCUT2D eigenvalue weighted by Crippen LogP contribution is 2.26. The van der Waals surface area contributed by atoms with E-state index in [1.807, 2.05) is 17.8 Å². The third-order valence-electron chi connectivity index (χ3n) is 3.52. The maximum absolute atomic E-state index is 11.3. The Morgan fingerprint density at radius 3 is 2.85 bits per heavy atom. The molecule has 0 aliphatic rings. The van der Waals surface area contributed by atoms with Crippen molar-refractivity contribution in [3.63, 3.8) is 0 Å². The number of aryl methyl sites for hydroxylation is 1. The largest absolute Gasteiger partial charge is 0.478 e. The standard InChI is InChI=1S/C15H20N2O2S/c1-4-13-16-14-11(15(18)19)6-5-7-12(14)17(13)10(2)8-9-20-3/h5-7,10H,4,8-9H2,1-3H3,(H,18,19). The Morgan fingerprint density at radius 2 is 2.25 bits per heavy atom. The first-order valence-corrected chi connectivity index (χ1v) is 8.21. The van der Waals surface area contributed by atoms with E-state index in [1.54, 1.807) is 12.1 Å².